The number of hydrogen-bond donors (Lipinski definition) is 1. The number of amides is 1. The van der Waals surface area contributed by atoms with E-state index >= 15 is 0 Å². The Bertz CT molecular complexity index is 1150. The lowest BCUT2D eigenvalue weighted by molar-refractivity contribution is 0.118. The highest BCUT2D eigenvalue weighted by Gasteiger charge is 2.28. The Kier molecular flexibility index (Phi) is 6.36. The molecule has 1 amide bonds. The third kappa shape index (κ3) is 4.16. The van der Waals surface area contributed by atoms with Crippen molar-refractivity contribution in [3.8, 4) is 23.1 Å². The molecule has 3 aromatic rings. The van der Waals surface area contributed by atoms with Gasteiger partial charge in [-0.3, -0.25) is 5.32 Å². The summed E-state index contributed by atoms with van der Waals surface area (Å²) in [5.41, 5.74) is 4.24. The second-order valence-corrected chi connectivity index (χ2v) is 8.23. The summed E-state index contributed by atoms with van der Waals surface area (Å²) >= 11 is 0. The van der Waals surface area contributed by atoms with E-state index in [0.717, 1.165) is 47.2 Å². The number of hydrogen-bond acceptors (Lipinski definition) is 4. The fourth-order valence-corrected chi connectivity index (χ4v) is 4.09. The van der Waals surface area contributed by atoms with E-state index in [9.17, 15) is 10.1 Å². The summed E-state index contributed by atoms with van der Waals surface area (Å²) in [4.78, 5) is 12.0. The van der Waals surface area contributed by atoms with Crippen molar-refractivity contribution in [1.82, 2.24) is 4.57 Å². The van der Waals surface area contributed by atoms with Crippen LogP contribution in [0.5, 0.6) is 5.75 Å². The second kappa shape index (κ2) is 9.35. The van der Waals surface area contributed by atoms with Crippen LogP contribution in [0.3, 0.4) is 0 Å². The molecule has 0 spiro atoms. The molecular weight excluding hydrogens is 402 g/mol. The number of carbonyl (C=O) groups excluding carboxylic acids is 1. The van der Waals surface area contributed by atoms with Crippen molar-refractivity contribution in [1.29, 1.82) is 5.26 Å². The van der Waals surface area contributed by atoms with Gasteiger partial charge in [-0.25, -0.2) is 4.79 Å². The summed E-state index contributed by atoms with van der Waals surface area (Å²) in [6, 6.07) is 16.4. The Balaban J connectivity index is 1.73. The molecule has 2 aromatic carbocycles. The first-order valence-electron chi connectivity index (χ1n) is 11.3. The smallest absolute Gasteiger partial charge is 0.411 e. The summed E-state index contributed by atoms with van der Waals surface area (Å²) in [6.07, 6.45) is 3.56. The molecule has 1 unspecified atom stereocenters. The number of rotatable bonds is 7. The largest absolute Gasteiger partial charge is 0.494 e. The van der Waals surface area contributed by atoms with E-state index in [1.54, 1.807) is 0 Å². The van der Waals surface area contributed by atoms with Gasteiger partial charge in [0, 0.05) is 23.2 Å². The highest BCUT2D eigenvalue weighted by molar-refractivity contribution is 5.96. The highest BCUT2D eigenvalue weighted by Crippen LogP contribution is 2.43. The first-order chi connectivity index (χ1) is 15.5. The maximum atomic E-state index is 12.0. The van der Waals surface area contributed by atoms with E-state index in [1.807, 2.05) is 63.2 Å². The van der Waals surface area contributed by atoms with E-state index in [2.05, 4.69) is 16.0 Å². The molecule has 0 bridgehead atoms. The van der Waals surface area contributed by atoms with Crippen LogP contribution in [-0.4, -0.2) is 23.4 Å². The third-order valence-electron chi connectivity index (χ3n) is 6.13. The Morgan fingerprint density at radius 3 is 2.56 bits per heavy atom. The quantitative estimate of drug-likeness (QED) is 0.454. The first-order valence-corrected chi connectivity index (χ1v) is 11.3. The maximum absolute atomic E-state index is 12.0. The minimum atomic E-state index is -0.461. The van der Waals surface area contributed by atoms with Crippen LogP contribution in [0.1, 0.15) is 58.1 Å². The minimum Gasteiger partial charge on any atom is -0.494 e. The Hall–Kier alpha value is -3.46. The monoisotopic (exact) mass is 431 g/mol. The van der Waals surface area contributed by atoms with Crippen molar-refractivity contribution >= 4 is 22.7 Å². The van der Waals surface area contributed by atoms with Gasteiger partial charge in [0.05, 0.1) is 23.4 Å². The predicted octanol–water partition coefficient (Wildman–Crippen LogP) is 6.65. The van der Waals surface area contributed by atoms with Crippen molar-refractivity contribution in [3.05, 3.63) is 48.0 Å². The van der Waals surface area contributed by atoms with Gasteiger partial charge in [0.15, 0.2) is 0 Å². The van der Waals surface area contributed by atoms with Crippen molar-refractivity contribution in [3.63, 3.8) is 0 Å². The molecule has 6 nitrogen and oxygen atoms in total. The van der Waals surface area contributed by atoms with Gasteiger partial charge in [-0.2, -0.15) is 5.26 Å². The number of nitrogens with zero attached hydrogens (tertiary/aromatic N) is 2. The average molecular weight is 432 g/mol. The minimum absolute atomic E-state index is 0.132. The summed E-state index contributed by atoms with van der Waals surface area (Å²) in [5, 5.41) is 13.8. The summed E-state index contributed by atoms with van der Waals surface area (Å²) in [7, 11) is 0. The van der Waals surface area contributed by atoms with Crippen LogP contribution in [0.25, 0.3) is 22.2 Å². The molecule has 1 aromatic heterocycles. The van der Waals surface area contributed by atoms with Crippen molar-refractivity contribution in [2.24, 2.45) is 0 Å². The van der Waals surface area contributed by atoms with Crippen LogP contribution < -0.4 is 10.1 Å². The molecule has 1 saturated carbocycles. The van der Waals surface area contributed by atoms with Gasteiger partial charge >= 0.3 is 6.09 Å². The number of nitriles is 1. The van der Waals surface area contributed by atoms with Gasteiger partial charge in [0.1, 0.15) is 17.9 Å². The molecule has 1 fully saturated rings. The maximum Gasteiger partial charge on any atom is 0.411 e. The third-order valence-corrected chi connectivity index (χ3v) is 6.13. The van der Waals surface area contributed by atoms with E-state index < -0.39 is 6.09 Å². The average Bonchev–Trinajstić information content (AvgIpc) is 3.06. The zero-order chi connectivity index (χ0) is 22.7. The SMILES string of the molecule is CCOc1ccc2c(C#N)c(-c3ccc(NC(=O)OC(C)CC)cc3)n(C3CCC3)c2c1. The lowest BCUT2D eigenvalue weighted by atomic mass is 9.92. The van der Waals surface area contributed by atoms with Crippen molar-refractivity contribution in [2.75, 3.05) is 11.9 Å². The fourth-order valence-electron chi connectivity index (χ4n) is 4.09. The summed E-state index contributed by atoms with van der Waals surface area (Å²) in [6.45, 7) is 6.40. The van der Waals surface area contributed by atoms with E-state index in [1.165, 1.54) is 6.42 Å². The van der Waals surface area contributed by atoms with E-state index in [4.69, 9.17) is 9.47 Å². The Labute approximate surface area is 188 Å². The second-order valence-electron chi connectivity index (χ2n) is 8.23. The van der Waals surface area contributed by atoms with Gasteiger partial charge in [-0.05, 0) is 69.4 Å². The molecule has 1 heterocycles. The van der Waals surface area contributed by atoms with Crippen molar-refractivity contribution < 1.29 is 14.3 Å². The van der Waals surface area contributed by atoms with Crippen LogP contribution in [-0.2, 0) is 4.74 Å². The molecule has 1 atom stereocenters. The molecule has 4 rings (SSSR count). The topological polar surface area (TPSA) is 76.3 Å². The molecule has 0 radical (unpaired) electrons. The lowest BCUT2D eigenvalue weighted by Crippen LogP contribution is -2.19. The van der Waals surface area contributed by atoms with Gasteiger partial charge in [0.25, 0.3) is 0 Å². The normalized spacial score (nSPS) is 14.4. The zero-order valence-corrected chi connectivity index (χ0v) is 18.9. The van der Waals surface area contributed by atoms with Crippen LogP contribution in [0.15, 0.2) is 42.5 Å². The number of ether oxygens (including phenoxy) is 2. The highest BCUT2D eigenvalue weighted by atomic mass is 16.6. The van der Waals surface area contributed by atoms with Crippen LogP contribution in [0.2, 0.25) is 0 Å². The molecule has 1 aliphatic carbocycles. The predicted molar refractivity (Wildman–Crippen MR) is 126 cm³/mol. The molecule has 1 N–H and O–H groups in total. The number of nitrogens with one attached hydrogen (secondary N) is 1. The van der Waals surface area contributed by atoms with Gasteiger partial charge < -0.3 is 14.0 Å². The molecule has 6 heteroatoms. The van der Waals surface area contributed by atoms with Crippen molar-refractivity contribution in [2.45, 2.75) is 58.6 Å². The first kappa shape index (κ1) is 21.8. The number of benzene rings is 2. The van der Waals surface area contributed by atoms with E-state index in [0.29, 0.717) is 23.9 Å². The number of anilines is 1. The van der Waals surface area contributed by atoms with Crippen LogP contribution in [0.4, 0.5) is 10.5 Å². The molecule has 1 aliphatic rings. The Morgan fingerprint density at radius 2 is 1.97 bits per heavy atom. The molecule has 0 saturated heterocycles. The number of fused-ring (bicyclic) bond motifs is 1. The zero-order valence-electron chi connectivity index (χ0n) is 18.9. The number of aromatic nitrogens is 1. The van der Waals surface area contributed by atoms with Crippen LogP contribution in [0, 0.1) is 11.3 Å². The summed E-state index contributed by atoms with van der Waals surface area (Å²) < 4.78 is 13.3. The van der Waals surface area contributed by atoms with Gasteiger partial charge in [0.2, 0.25) is 0 Å². The van der Waals surface area contributed by atoms with Gasteiger partial charge in [-0.1, -0.05) is 19.1 Å². The van der Waals surface area contributed by atoms with Gasteiger partial charge in [-0.15, -0.1) is 0 Å². The molecule has 0 aliphatic heterocycles. The Morgan fingerprint density at radius 1 is 1.22 bits per heavy atom. The van der Waals surface area contributed by atoms with E-state index in [-0.39, 0.29) is 6.10 Å². The summed E-state index contributed by atoms with van der Waals surface area (Å²) in [5.74, 6) is 0.813. The standard InChI is InChI=1S/C26H29N3O3/c1-4-17(3)32-26(30)28-19-11-9-18(10-12-19)25-23(16-27)22-14-13-21(31-5-2)15-24(22)29(25)20-7-6-8-20/h9-15,17,20H,4-8H2,1-3H3,(H,28,30). The molecule has 32 heavy (non-hydrogen) atoms. The molecule has 166 valence electrons. The molecular formula is C26H29N3O3. The lowest BCUT2D eigenvalue weighted by Gasteiger charge is -2.30. The fraction of sp³-hybridized carbons (Fsp3) is 0.385. The number of carbonyl (C=O) groups is 1. The van der Waals surface area contributed by atoms with Crippen LogP contribution >= 0.6 is 0 Å².